The predicted molar refractivity (Wildman–Crippen MR) is 70.2 cm³/mol. The Morgan fingerprint density at radius 3 is 2.71 bits per heavy atom. The Morgan fingerprint density at radius 2 is 2.06 bits per heavy atom. The fourth-order valence-corrected chi connectivity index (χ4v) is 1.77. The third kappa shape index (κ3) is 4.02. The van der Waals surface area contributed by atoms with Crippen molar-refractivity contribution in [2.75, 3.05) is 13.1 Å². The molecule has 0 saturated carbocycles. The number of hydrogen-bond acceptors (Lipinski definition) is 2. The summed E-state index contributed by atoms with van der Waals surface area (Å²) in [5, 5.41) is 5.41. The monoisotopic (exact) mass is 318 g/mol. The van der Waals surface area contributed by atoms with Gasteiger partial charge in [0.15, 0.2) is 0 Å². The number of likely N-dealkylation sites (N-methyl/N-ethyl adjacent to an activating group) is 1. The average Bonchev–Trinajstić information content (AvgIpc) is 2.30. The lowest BCUT2D eigenvalue weighted by Crippen LogP contribution is -2.36. The zero-order valence-corrected chi connectivity index (χ0v) is 11.6. The second-order valence-electron chi connectivity index (χ2n) is 3.24. The van der Waals surface area contributed by atoms with E-state index >= 15 is 0 Å². The maximum atomic E-state index is 11.7. The standard InChI is InChI=1S/C11H12BrClN2O2/c1-2-14-9(16)6-15-11(17)7-4-3-5-8(12)10(7)13/h3-5H,2,6H2,1H3,(H,14,16)(H,15,17). The molecule has 2 amide bonds. The molecule has 0 atom stereocenters. The van der Waals surface area contributed by atoms with Gasteiger partial charge in [-0.1, -0.05) is 17.7 Å². The van der Waals surface area contributed by atoms with Gasteiger partial charge < -0.3 is 10.6 Å². The second-order valence-corrected chi connectivity index (χ2v) is 4.47. The molecule has 0 fully saturated rings. The van der Waals surface area contributed by atoms with Gasteiger partial charge in [-0.3, -0.25) is 9.59 Å². The molecular formula is C11H12BrClN2O2. The van der Waals surface area contributed by atoms with Crippen LogP contribution in [0, 0.1) is 0 Å². The Labute approximate surface area is 113 Å². The maximum absolute atomic E-state index is 11.7. The van der Waals surface area contributed by atoms with Crippen molar-refractivity contribution < 1.29 is 9.59 Å². The van der Waals surface area contributed by atoms with Crippen LogP contribution < -0.4 is 10.6 Å². The fourth-order valence-electron chi connectivity index (χ4n) is 1.19. The van der Waals surface area contributed by atoms with Gasteiger partial charge in [-0.2, -0.15) is 0 Å². The number of halogens is 2. The number of nitrogens with one attached hydrogen (secondary N) is 2. The Kier molecular flexibility index (Phi) is 5.44. The van der Waals surface area contributed by atoms with Gasteiger partial charge in [0.2, 0.25) is 5.91 Å². The van der Waals surface area contributed by atoms with Gasteiger partial charge in [-0.15, -0.1) is 0 Å². The minimum absolute atomic E-state index is 0.0600. The van der Waals surface area contributed by atoms with Gasteiger partial charge >= 0.3 is 0 Å². The molecule has 0 radical (unpaired) electrons. The molecule has 0 spiro atoms. The first kappa shape index (κ1) is 14.0. The predicted octanol–water partition coefficient (Wildman–Crippen LogP) is 1.97. The number of amides is 2. The van der Waals surface area contributed by atoms with Gasteiger partial charge in [-0.05, 0) is 35.0 Å². The summed E-state index contributed by atoms with van der Waals surface area (Å²) in [5.74, 6) is -0.602. The first-order valence-electron chi connectivity index (χ1n) is 5.05. The summed E-state index contributed by atoms with van der Waals surface area (Å²) in [5.41, 5.74) is 0.338. The van der Waals surface area contributed by atoms with Gasteiger partial charge in [0.1, 0.15) is 0 Å². The number of carbonyl (C=O) groups is 2. The molecule has 1 aromatic rings. The van der Waals surface area contributed by atoms with E-state index in [2.05, 4.69) is 26.6 Å². The average molecular weight is 320 g/mol. The molecule has 17 heavy (non-hydrogen) atoms. The van der Waals surface area contributed by atoms with Crippen molar-refractivity contribution in [2.24, 2.45) is 0 Å². The Balaban J connectivity index is 2.64. The summed E-state index contributed by atoms with van der Waals surface area (Å²) >= 11 is 9.18. The highest BCUT2D eigenvalue weighted by Gasteiger charge is 2.12. The van der Waals surface area contributed by atoms with E-state index in [1.165, 1.54) is 0 Å². The lowest BCUT2D eigenvalue weighted by Gasteiger charge is -2.07. The van der Waals surface area contributed by atoms with E-state index in [1.807, 2.05) is 6.92 Å². The van der Waals surface area contributed by atoms with Gasteiger partial charge in [0.25, 0.3) is 5.91 Å². The van der Waals surface area contributed by atoms with Gasteiger partial charge in [0, 0.05) is 11.0 Å². The molecule has 0 aliphatic rings. The van der Waals surface area contributed by atoms with Crippen LogP contribution >= 0.6 is 27.5 Å². The summed E-state index contributed by atoms with van der Waals surface area (Å²) in [6.07, 6.45) is 0. The first-order chi connectivity index (χ1) is 8.06. The van der Waals surface area contributed by atoms with Crippen LogP contribution in [-0.4, -0.2) is 24.9 Å². The van der Waals surface area contributed by atoms with Crippen LogP contribution in [-0.2, 0) is 4.79 Å². The number of carbonyl (C=O) groups excluding carboxylic acids is 2. The van der Waals surface area contributed by atoms with Crippen LogP contribution in [0.2, 0.25) is 5.02 Å². The molecule has 0 unspecified atom stereocenters. The zero-order valence-electron chi connectivity index (χ0n) is 9.22. The molecular weight excluding hydrogens is 307 g/mol. The van der Waals surface area contributed by atoms with Crippen LogP contribution in [0.15, 0.2) is 22.7 Å². The SMILES string of the molecule is CCNC(=O)CNC(=O)c1cccc(Br)c1Cl. The minimum Gasteiger partial charge on any atom is -0.355 e. The van der Waals surface area contributed by atoms with Crippen molar-refractivity contribution in [2.45, 2.75) is 6.92 Å². The molecule has 0 aliphatic carbocycles. The van der Waals surface area contributed by atoms with Crippen LogP contribution in [0.4, 0.5) is 0 Å². The van der Waals surface area contributed by atoms with E-state index < -0.39 is 0 Å². The molecule has 0 bridgehead atoms. The maximum Gasteiger partial charge on any atom is 0.253 e. The van der Waals surface area contributed by atoms with Crippen molar-refractivity contribution in [1.29, 1.82) is 0 Å². The summed E-state index contributed by atoms with van der Waals surface area (Å²) in [4.78, 5) is 22.9. The zero-order chi connectivity index (χ0) is 12.8. The van der Waals surface area contributed by atoms with Crippen molar-refractivity contribution in [3.05, 3.63) is 33.3 Å². The number of hydrogen-bond donors (Lipinski definition) is 2. The molecule has 2 N–H and O–H groups in total. The molecule has 0 aliphatic heterocycles. The lowest BCUT2D eigenvalue weighted by molar-refractivity contribution is -0.120. The summed E-state index contributed by atoms with van der Waals surface area (Å²) < 4.78 is 0.643. The van der Waals surface area contributed by atoms with Crippen molar-refractivity contribution in [3.63, 3.8) is 0 Å². The van der Waals surface area contributed by atoms with Crippen molar-refractivity contribution in [3.8, 4) is 0 Å². The topological polar surface area (TPSA) is 58.2 Å². The van der Waals surface area contributed by atoms with E-state index in [4.69, 9.17) is 11.6 Å². The molecule has 1 aromatic carbocycles. The van der Waals surface area contributed by atoms with E-state index in [1.54, 1.807) is 18.2 Å². The quantitative estimate of drug-likeness (QED) is 0.891. The van der Waals surface area contributed by atoms with Crippen LogP contribution in [0.3, 0.4) is 0 Å². The molecule has 4 nitrogen and oxygen atoms in total. The van der Waals surface area contributed by atoms with Crippen molar-refractivity contribution in [1.82, 2.24) is 10.6 Å². The highest BCUT2D eigenvalue weighted by molar-refractivity contribution is 9.10. The van der Waals surface area contributed by atoms with Crippen LogP contribution in [0.25, 0.3) is 0 Å². The first-order valence-corrected chi connectivity index (χ1v) is 6.22. The highest BCUT2D eigenvalue weighted by atomic mass is 79.9. The third-order valence-electron chi connectivity index (χ3n) is 1.98. The van der Waals surface area contributed by atoms with Gasteiger partial charge in [0.05, 0.1) is 17.1 Å². The van der Waals surface area contributed by atoms with E-state index in [0.717, 1.165) is 0 Å². The van der Waals surface area contributed by atoms with Gasteiger partial charge in [-0.25, -0.2) is 0 Å². The smallest absolute Gasteiger partial charge is 0.253 e. The Hall–Kier alpha value is -1.07. The molecule has 6 heteroatoms. The normalized spacial score (nSPS) is 9.82. The molecule has 0 aromatic heterocycles. The summed E-state index contributed by atoms with van der Waals surface area (Å²) in [7, 11) is 0. The van der Waals surface area contributed by atoms with Crippen LogP contribution in [0.1, 0.15) is 17.3 Å². The van der Waals surface area contributed by atoms with E-state index in [0.29, 0.717) is 21.6 Å². The molecule has 0 heterocycles. The Morgan fingerprint density at radius 1 is 1.35 bits per heavy atom. The number of rotatable bonds is 4. The van der Waals surface area contributed by atoms with E-state index in [9.17, 15) is 9.59 Å². The summed E-state index contributed by atoms with van der Waals surface area (Å²) in [6, 6.07) is 5.04. The largest absolute Gasteiger partial charge is 0.355 e. The lowest BCUT2D eigenvalue weighted by atomic mass is 10.2. The summed E-state index contributed by atoms with van der Waals surface area (Å²) in [6.45, 7) is 2.28. The van der Waals surface area contributed by atoms with E-state index in [-0.39, 0.29) is 18.4 Å². The second kappa shape index (κ2) is 6.61. The Bertz CT molecular complexity index is 437. The van der Waals surface area contributed by atoms with Crippen molar-refractivity contribution >= 4 is 39.3 Å². The highest BCUT2D eigenvalue weighted by Crippen LogP contribution is 2.25. The molecule has 92 valence electrons. The number of benzene rings is 1. The molecule has 1 rings (SSSR count). The minimum atomic E-state index is -0.373. The van der Waals surface area contributed by atoms with Crippen LogP contribution in [0.5, 0.6) is 0 Å². The molecule has 0 saturated heterocycles. The third-order valence-corrected chi connectivity index (χ3v) is 3.28. The fraction of sp³-hybridized carbons (Fsp3) is 0.273.